The number of ether oxygens (including phenoxy) is 2. The van der Waals surface area contributed by atoms with Gasteiger partial charge in [-0.2, -0.15) is 0 Å². The number of nitro groups is 1. The molecule has 0 radical (unpaired) electrons. The van der Waals surface area contributed by atoms with Crippen LogP contribution in [0.2, 0.25) is 0 Å². The van der Waals surface area contributed by atoms with Gasteiger partial charge in [-0.1, -0.05) is 0 Å². The number of rotatable bonds is 6. The smallest absolute Gasteiger partial charge is 0.315 e. The Morgan fingerprint density at radius 2 is 2.12 bits per heavy atom. The minimum atomic E-state index is -0.612. The number of nitrogens with zero attached hydrogens (tertiary/aromatic N) is 2. The number of ketones is 1. The fourth-order valence-corrected chi connectivity index (χ4v) is 3.15. The van der Waals surface area contributed by atoms with Crippen LogP contribution < -0.4 is 14.8 Å². The molecule has 1 aromatic carbocycles. The van der Waals surface area contributed by atoms with Gasteiger partial charge >= 0.3 is 5.69 Å². The van der Waals surface area contributed by atoms with E-state index in [1.54, 1.807) is 31.9 Å². The first-order valence-corrected chi connectivity index (χ1v) is 8.38. The molecule has 1 N–H and O–H groups in total. The molecule has 1 aromatic rings. The average Bonchev–Trinajstić information content (AvgIpc) is 2.58. The molecule has 1 aliphatic heterocycles. The summed E-state index contributed by atoms with van der Waals surface area (Å²) in [5.41, 5.74) is 1.45. The summed E-state index contributed by atoms with van der Waals surface area (Å²) in [6, 6.07) is 2.40. The van der Waals surface area contributed by atoms with Crippen molar-refractivity contribution in [1.29, 1.82) is 0 Å². The normalized spacial score (nSPS) is 17.0. The molecule has 2 rings (SSSR count). The fourth-order valence-electron chi connectivity index (χ4n) is 2.89. The van der Waals surface area contributed by atoms with Crippen LogP contribution >= 0.6 is 12.2 Å². The van der Waals surface area contributed by atoms with E-state index in [9.17, 15) is 14.9 Å². The third-order valence-electron chi connectivity index (χ3n) is 4.23. The number of thiocarbonyl (C=S) groups is 1. The molecule has 0 saturated carbocycles. The van der Waals surface area contributed by atoms with Gasteiger partial charge in [0, 0.05) is 24.4 Å². The number of benzene rings is 1. The number of Topliss-reactive ketones (excluding diaryl/α,β-unsaturated/α-hetero) is 1. The second-order valence-electron chi connectivity index (χ2n) is 5.76. The Bertz CT molecular complexity index is 806. The van der Waals surface area contributed by atoms with E-state index in [4.69, 9.17) is 21.7 Å². The summed E-state index contributed by atoms with van der Waals surface area (Å²) < 4.78 is 10.7. The molecule has 0 aromatic heterocycles. The number of allylic oxidation sites excluding steroid dienone is 1. The molecular weight excluding hydrogens is 358 g/mol. The zero-order valence-corrected chi connectivity index (χ0v) is 16.1. The van der Waals surface area contributed by atoms with Gasteiger partial charge in [-0.05, 0) is 44.6 Å². The Balaban J connectivity index is 2.70. The molecule has 1 atom stereocenters. The summed E-state index contributed by atoms with van der Waals surface area (Å²) >= 11 is 5.31. The van der Waals surface area contributed by atoms with Gasteiger partial charge in [-0.3, -0.25) is 14.9 Å². The SMILES string of the molecule is CCOc1c(OC)cc(C2NC(=S)N(C)C(C)=C2C(C)=O)cc1[N+](=O)[O-]. The van der Waals surface area contributed by atoms with Crippen LogP contribution in [0.3, 0.4) is 0 Å². The topological polar surface area (TPSA) is 93.9 Å². The largest absolute Gasteiger partial charge is 0.493 e. The van der Waals surface area contributed by atoms with Crippen LogP contribution in [-0.4, -0.2) is 41.5 Å². The molecule has 0 amide bonds. The Morgan fingerprint density at radius 3 is 2.62 bits per heavy atom. The van der Waals surface area contributed by atoms with Crippen molar-refractivity contribution in [2.45, 2.75) is 26.8 Å². The molecular formula is C17H21N3O5S. The monoisotopic (exact) mass is 379 g/mol. The Hall–Kier alpha value is -2.68. The number of methoxy groups -OCH3 is 1. The van der Waals surface area contributed by atoms with Crippen LogP contribution in [0, 0.1) is 10.1 Å². The van der Waals surface area contributed by atoms with Crippen molar-refractivity contribution in [2.75, 3.05) is 20.8 Å². The van der Waals surface area contributed by atoms with Gasteiger partial charge in [-0.25, -0.2) is 0 Å². The Kier molecular flexibility index (Phi) is 5.81. The lowest BCUT2D eigenvalue weighted by Crippen LogP contribution is -2.45. The molecule has 140 valence electrons. The number of carbonyl (C=O) groups excluding carboxylic acids is 1. The predicted octanol–water partition coefficient (Wildman–Crippen LogP) is 2.73. The quantitative estimate of drug-likeness (QED) is 0.458. The standard InChI is InChI=1S/C17H21N3O5S/c1-6-25-16-12(20(22)23)7-11(8-13(16)24-5)15-14(10(3)21)9(2)19(4)17(26)18-15/h7-8,15H,6H2,1-5H3,(H,18,26). The van der Waals surface area contributed by atoms with Gasteiger partial charge < -0.3 is 19.7 Å². The van der Waals surface area contributed by atoms with Crippen molar-refractivity contribution < 1.29 is 19.2 Å². The van der Waals surface area contributed by atoms with Crippen molar-refractivity contribution in [2.24, 2.45) is 0 Å². The number of nitro benzene ring substituents is 1. The van der Waals surface area contributed by atoms with Gasteiger partial charge in [0.15, 0.2) is 16.6 Å². The summed E-state index contributed by atoms with van der Waals surface area (Å²) in [6.45, 7) is 5.23. The highest BCUT2D eigenvalue weighted by molar-refractivity contribution is 7.80. The molecule has 1 aliphatic rings. The van der Waals surface area contributed by atoms with Crippen molar-refractivity contribution in [3.8, 4) is 11.5 Å². The second-order valence-corrected chi connectivity index (χ2v) is 6.15. The molecule has 0 saturated heterocycles. The van der Waals surface area contributed by atoms with Crippen molar-refractivity contribution in [3.05, 3.63) is 39.1 Å². The van der Waals surface area contributed by atoms with Crippen molar-refractivity contribution in [3.63, 3.8) is 0 Å². The first-order chi connectivity index (χ1) is 12.2. The highest BCUT2D eigenvalue weighted by Gasteiger charge is 2.33. The average molecular weight is 379 g/mol. The number of carbonyl (C=O) groups is 1. The van der Waals surface area contributed by atoms with Crippen LogP contribution in [0.4, 0.5) is 5.69 Å². The minimum Gasteiger partial charge on any atom is -0.493 e. The van der Waals surface area contributed by atoms with Crippen molar-refractivity contribution >= 4 is 28.8 Å². The lowest BCUT2D eigenvalue weighted by atomic mass is 9.92. The molecule has 0 bridgehead atoms. The fraction of sp³-hybridized carbons (Fsp3) is 0.412. The first kappa shape index (κ1) is 19.6. The van der Waals surface area contributed by atoms with Crippen LogP contribution in [0.25, 0.3) is 0 Å². The van der Waals surface area contributed by atoms with Crippen molar-refractivity contribution in [1.82, 2.24) is 10.2 Å². The molecule has 0 spiro atoms. The van der Waals surface area contributed by atoms with Crippen LogP contribution in [-0.2, 0) is 4.79 Å². The van der Waals surface area contributed by atoms with Crippen LogP contribution in [0.15, 0.2) is 23.4 Å². The second kappa shape index (κ2) is 7.69. The summed E-state index contributed by atoms with van der Waals surface area (Å²) in [6.07, 6.45) is 0. The number of hydrogen-bond donors (Lipinski definition) is 1. The Morgan fingerprint density at radius 1 is 1.46 bits per heavy atom. The predicted molar refractivity (Wildman–Crippen MR) is 100 cm³/mol. The highest BCUT2D eigenvalue weighted by atomic mass is 32.1. The van der Waals surface area contributed by atoms with E-state index >= 15 is 0 Å². The molecule has 1 heterocycles. The summed E-state index contributed by atoms with van der Waals surface area (Å²) in [5, 5.41) is 15.0. The highest BCUT2D eigenvalue weighted by Crippen LogP contribution is 2.42. The minimum absolute atomic E-state index is 0.0596. The third-order valence-corrected chi connectivity index (χ3v) is 4.62. The maximum atomic E-state index is 12.2. The van der Waals surface area contributed by atoms with E-state index in [-0.39, 0.29) is 29.6 Å². The summed E-state index contributed by atoms with van der Waals surface area (Å²) in [5.74, 6) is 0.137. The first-order valence-electron chi connectivity index (χ1n) is 7.97. The lowest BCUT2D eigenvalue weighted by Gasteiger charge is -2.35. The zero-order chi connectivity index (χ0) is 19.6. The Labute approximate surface area is 156 Å². The molecule has 1 unspecified atom stereocenters. The van der Waals surface area contributed by atoms with E-state index in [1.165, 1.54) is 20.1 Å². The lowest BCUT2D eigenvalue weighted by molar-refractivity contribution is -0.386. The maximum absolute atomic E-state index is 12.2. The van der Waals surface area contributed by atoms with Gasteiger partial charge in [0.2, 0.25) is 5.75 Å². The van der Waals surface area contributed by atoms with Gasteiger partial charge in [0.25, 0.3) is 0 Å². The zero-order valence-electron chi connectivity index (χ0n) is 15.3. The third kappa shape index (κ3) is 3.48. The summed E-state index contributed by atoms with van der Waals surface area (Å²) in [7, 11) is 3.16. The molecule has 26 heavy (non-hydrogen) atoms. The van der Waals surface area contributed by atoms with Crippen LogP contribution in [0.5, 0.6) is 11.5 Å². The van der Waals surface area contributed by atoms with E-state index in [1.807, 2.05) is 0 Å². The van der Waals surface area contributed by atoms with E-state index < -0.39 is 11.0 Å². The van der Waals surface area contributed by atoms with E-state index in [0.29, 0.717) is 21.9 Å². The van der Waals surface area contributed by atoms with E-state index in [2.05, 4.69) is 5.32 Å². The molecule has 0 fully saturated rings. The number of nitrogens with one attached hydrogen (secondary N) is 1. The summed E-state index contributed by atoms with van der Waals surface area (Å²) in [4.78, 5) is 24.9. The van der Waals surface area contributed by atoms with Gasteiger partial charge in [0.05, 0.1) is 24.7 Å². The van der Waals surface area contributed by atoms with E-state index in [0.717, 1.165) is 0 Å². The van der Waals surface area contributed by atoms with Gasteiger partial charge in [-0.15, -0.1) is 0 Å². The number of hydrogen-bond acceptors (Lipinski definition) is 6. The molecule has 9 heteroatoms. The maximum Gasteiger partial charge on any atom is 0.315 e. The van der Waals surface area contributed by atoms with Gasteiger partial charge in [0.1, 0.15) is 0 Å². The van der Waals surface area contributed by atoms with Crippen LogP contribution in [0.1, 0.15) is 32.4 Å². The molecule has 8 nitrogen and oxygen atoms in total. The molecule has 0 aliphatic carbocycles.